The molecule has 0 atom stereocenters. The molecule has 0 aliphatic heterocycles. The average molecular weight is 298 g/mol. The summed E-state index contributed by atoms with van der Waals surface area (Å²) in [5, 5.41) is 2.02. The van der Waals surface area contributed by atoms with Crippen molar-refractivity contribution < 1.29 is 8.78 Å². The lowest BCUT2D eigenvalue weighted by molar-refractivity contribution is 0.634. The predicted octanol–water partition coefficient (Wildman–Crippen LogP) is 3.72. The molecule has 0 aromatic heterocycles. The first-order valence-corrected chi connectivity index (χ1v) is 7.96. The molecule has 0 aliphatic rings. The molecular weight excluding hydrogens is 285 g/mol. The number of hydrogen-bond donors (Lipinski definition) is 0. The van der Waals surface area contributed by atoms with Gasteiger partial charge in [0.2, 0.25) is 0 Å². The van der Waals surface area contributed by atoms with Gasteiger partial charge in [0.05, 0.1) is 0 Å². The third-order valence-corrected chi connectivity index (χ3v) is 5.70. The monoisotopic (exact) mass is 298 g/mol. The van der Waals surface area contributed by atoms with E-state index in [1.54, 1.807) is 36.4 Å². The Bertz CT molecular complexity index is 695. The highest BCUT2D eigenvalue weighted by atomic mass is 31.1. The van der Waals surface area contributed by atoms with E-state index in [9.17, 15) is 8.78 Å². The Morgan fingerprint density at radius 3 is 1.43 bits per heavy atom. The van der Waals surface area contributed by atoms with Crippen LogP contribution in [-0.4, -0.2) is 0 Å². The van der Waals surface area contributed by atoms with Crippen molar-refractivity contribution in [1.82, 2.24) is 0 Å². The van der Waals surface area contributed by atoms with Crippen LogP contribution in [0.25, 0.3) is 0 Å². The first-order chi connectivity index (χ1) is 10.3. The SMILES string of the molecule is Fc1ccccc1P(c1ccccc1)c1ccccc1F. The van der Waals surface area contributed by atoms with Gasteiger partial charge in [-0.3, -0.25) is 0 Å². The van der Waals surface area contributed by atoms with E-state index in [2.05, 4.69) is 0 Å². The van der Waals surface area contributed by atoms with Crippen LogP contribution < -0.4 is 15.9 Å². The minimum atomic E-state index is -1.24. The Hall–Kier alpha value is -2.05. The van der Waals surface area contributed by atoms with Gasteiger partial charge in [-0.05, 0) is 25.4 Å². The van der Waals surface area contributed by atoms with Crippen LogP contribution in [0.4, 0.5) is 8.78 Å². The highest BCUT2D eigenvalue weighted by Crippen LogP contribution is 2.34. The van der Waals surface area contributed by atoms with Crippen molar-refractivity contribution in [2.45, 2.75) is 0 Å². The van der Waals surface area contributed by atoms with Crippen molar-refractivity contribution in [3.05, 3.63) is 90.5 Å². The van der Waals surface area contributed by atoms with Crippen molar-refractivity contribution in [3.63, 3.8) is 0 Å². The molecule has 3 aromatic carbocycles. The predicted molar refractivity (Wildman–Crippen MR) is 85.1 cm³/mol. The lowest BCUT2D eigenvalue weighted by Gasteiger charge is -2.20. The molecule has 0 saturated carbocycles. The molecule has 0 N–H and O–H groups in total. The molecule has 3 rings (SSSR count). The molecule has 0 unspecified atom stereocenters. The molecule has 3 aromatic rings. The fraction of sp³-hybridized carbons (Fsp3) is 0. The Balaban J connectivity index is 2.22. The Morgan fingerprint density at radius 1 is 0.524 bits per heavy atom. The van der Waals surface area contributed by atoms with Crippen molar-refractivity contribution in [3.8, 4) is 0 Å². The Morgan fingerprint density at radius 2 is 0.952 bits per heavy atom. The van der Waals surface area contributed by atoms with Gasteiger partial charge >= 0.3 is 0 Å². The van der Waals surface area contributed by atoms with Crippen LogP contribution in [0.1, 0.15) is 0 Å². The van der Waals surface area contributed by atoms with E-state index in [0.29, 0.717) is 10.6 Å². The maximum absolute atomic E-state index is 14.2. The standard InChI is InChI=1S/C18H13F2P/c19-15-10-4-6-12-17(15)21(14-8-2-1-3-9-14)18-13-7-5-11-16(18)20/h1-13H. The van der Waals surface area contributed by atoms with Gasteiger partial charge in [0, 0.05) is 10.6 Å². The summed E-state index contributed by atoms with van der Waals surface area (Å²) in [5.41, 5.74) is 0. The van der Waals surface area contributed by atoms with Crippen molar-refractivity contribution in [2.75, 3.05) is 0 Å². The molecule has 0 bridgehead atoms. The van der Waals surface area contributed by atoms with Gasteiger partial charge in [-0.1, -0.05) is 66.7 Å². The minimum Gasteiger partial charge on any atom is -0.206 e. The van der Waals surface area contributed by atoms with Crippen LogP contribution in [0.15, 0.2) is 78.9 Å². The lowest BCUT2D eigenvalue weighted by atomic mass is 10.3. The van der Waals surface area contributed by atoms with Crippen LogP contribution >= 0.6 is 7.92 Å². The van der Waals surface area contributed by atoms with E-state index >= 15 is 0 Å². The van der Waals surface area contributed by atoms with Crippen LogP contribution in [0.5, 0.6) is 0 Å². The lowest BCUT2D eigenvalue weighted by Crippen LogP contribution is -2.24. The van der Waals surface area contributed by atoms with E-state index in [1.807, 2.05) is 30.3 Å². The molecule has 0 aliphatic carbocycles. The normalized spacial score (nSPS) is 10.8. The molecule has 0 radical (unpaired) electrons. The molecular formula is C18H13F2P. The molecule has 21 heavy (non-hydrogen) atoms. The molecule has 0 fully saturated rings. The Kier molecular flexibility index (Phi) is 4.08. The minimum absolute atomic E-state index is 0.296. The molecule has 104 valence electrons. The number of halogens is 2. The van der Waals surface area contributed by atoms with Crippen LogP contribution in [0.2, 0.25) is 0 Å². The largest absolute Gasteiger partial charge is 0.206 e. The van der Waals surface area contributed by atoms with Crippen molar-refractivity contribution >= 4 is 23.8 Å². The highest BCUT2D eigenvalue weighted by Gasteiger charge is 2.21. The van der Waals surface area contributed by atoms with E-state index < -0.39 is 7.92 Å². The molecule has 0 saturated heterocycles. The first-order valence-electron chi connectivity index (χ1n) is 6.61. The third-order valence-electron chi connectivity index (χ3n) is 3.20. The maximum Gasteiger partial charge on any atom is 0.131 e. The van der Waals surface area contributed by atoms with E-state index in [4.69, 9.17) is 0 Å². The summed E-state index contributed by atoms with van der Waals surface area (Å²) >= 11 is 0. The number of hydrogen-bond acceptors (Lipinski definition) is 0. The van der Waals surface area contributed by atoms with Gasteiger partial charge in [-0.25, -0.2) is 8.78 Å². The molecule has 0 spiro atoms. The zero-order valence-corrected chi connectivity index (χ0v) is 12.1. The second-order valence-corrected chi connectivity index (χ2v) is 6.72. The molecule has 3 heteroatoms. The molecule has 0 nitrogen and oxygen atoms in total. The quantitative estimate of drug-likeness (QED) is 0.646. The second-order valence-electron chi connectivity index (χ2n) is 4.57. The summed E-state index contributed by atoms with van der Waals surface area (Å²) in [6, 6.07) is 22.7. The zero-order valence-electron chi connectivity index (χ0n) is 11.2. The topological polar surface area (TPSA) is 0 Å². The van der Waals surface area contributed by atoms with E-state index in [-0.39, 0.29) is 11.6 Å². The van der Waals surface area contributed by atoms with Gasteiger partial charge < -0.3 is 0 Å². The fourth-order valence-electron chi connectivity index (χ4n) is 2.25. The molecule has 0 amide bonds. The van der Waals surface area contributed by atoms with Crippen molar-refractivity contribution in [2.24, 2.45) is 0 Å². The zero-order chi connectivity index (χ0) is 14.7. The average Bonchev–Trinajstić information content (AvgIpc) is 2.52. The summed E-state index contributed by atoms with van der Waals surface area (Å²) < 4.78 is 28.5. The van der Waals surface area contributed by atoms with Crippen LogP contribution in [0, 0.1) is 11.6 Å². The fourth-order valence-corrected chi connectivity index (χ4v) is 4.58. The highest BCUT2D eigenvalue weighted by molar-refractivity contribution is 7.79. The number of rotatable bonds is 3. The molecule has 0 heterocycles. The van der Waals surface area contributed by atoms with E-state index in [1.165, 1.54) is 12.1 Å². The summed E-state index contributed by atoms with van der Waals surface area (Å²) in [4.78, 5) is 0. The summed E-state index contributed by atoms with van der Waals surface area (Å²) in [5.74, 6) is -0.591. The van der Waals surface area contributed by atoms with Crippen LogP contribution in [-0.2, 0) is 0 Å². The third kappa shape index (κ3) is 2.86. The van der Waals surface area contributed by atoms with E-state index in [0.717, 1.165) is 5.30 Å². The summed E-state index contributed by atoms with van der Waals surface area (Å²) in [6.07, 6.45) is 0. The summed E-state index contributed by atoms with van der Waals surface area (Å²) in [6.45, 7) is 0. The van der Waals surface area contributed by atoms with Crippen LogP contribution in [0.3, 0.4) is 0 Å². The first kappa shape index (κ1) is 13.9. The second kappa shape index (κ2) is 6.15. The van der Waals surface area contributed by atoms with Gasteiger partial charge in [-0.15, -0.1) is 0 Å². The maximum atomic E-state index is 14.2. The number of benzene rings is 3. The van der Waals surface area contributed by atoms with Gasteiger partial charge in [0.25, 0.3) is 0 Å². The van der Waals surface area contributed by atoms with Gasteiger partial charge in [0.1, 0.15) is 11.6 Å². The van der Waals surface area contributed by atoms with Gasteiger partial charge in [0.15, 0.2) is 0 Å². The van der Waals surface area contributed by atoms with Gasteiger partial charge in [-0.2, -0.15) is 0 Å². The van der Waals surface area contributed by atoms with Crippen molar-refractivity contribution in [1.29, 1.82) is 0 Å². The Labute approximate surface area is 123 Å². The smallest absolute Gasteiger partial charge is 0.131 e. The summed E-state index contributed by atoms with van der Waals surface area (Å²) in [7, 11) is -1.24.